The fraction of sp³-hybridized carbons (Fsp3) is 0.667. The minimum Gasteiger partial charge on any atom is -0.356 e. The third-order valence-corrected chi connectivity index (χ3v) is 5.99. The maximum absolute atomic E-state index is 12.8. The number of anilines is 1. The Hall–Kier alpha value is -1.91. The van der Waals surface area contributed by atoms with Gasteiger partial charge in [-0.05, 0) is 38.0 Å². The van der Waals surface area contributed by atoms with Gasteiger partial charge in [-0.3, -0.25) is 4.79 Å². The van der Waals surface area contributed by atoms with E-state index >= 15 is 0 Å². The monoisotopic (exact) mass is 354 g/mol. The summed E-state index contributed by atoms with van der Waals surface area (Å²) in [7, 11) is 0. The summed E-state index contributed by atoms with van der Waals surface area (Å²) in [6, 6.07) is 0. The van der Waals surface area contributed by atoms with Crippen LogP contribution in [0.3, 0.4) is 0 Å². The summed E-state index contributed by atoms with van der Waals surface area (Å²) in [6.45, 7) is 5.92. The Labute approximate surface area is 156 Å². The number of amides is 1. The van der Waals surface area contributed by atoms with Gasteiger partial charge in [0.05, 0.1) is 5.69 Å². The van der Waals surface area contributed by atoms with Crippen molar-refractivity contribution < 1.29 is 4.79 Å². The molecule has 0 radical (unpaired) electrons. The van der Waals surface area contributed by atoms with E-state index < -0.39 is 0 Å². The van der Waals surface area contributed by atoms with Crippen LogP contribution >= 0.6 is 0 Å². The van der Waals surface area contributed by atoms with E-state index in [0.29, 0.717) is 18.2 Å². The van der Waals surface area contributed by atoms with Crippen LogP contribution in [0.2, 0.25) is 0 Å². The van der Waals surface area contributed by atoms with Crippen LogP contribution in [0.15, 0.2) is 12.2 Å². The smallest absolute Gasteiger partial charge is 0.223 e. The summed E-state index contributed by atoms with van der Waals surface area (Å²) in [5, 5.41) is 0. The first-order valence-corrected chi connectivity index (χ1v) is 10.3. The second-order valence-corrected chi connectivity index (χ2v) is 7.79. The van der Waals surface area contributed by atoms with Crippen LogP contribution in [0.1, 0.15) is 56.1 Å². The average Bonchev–Trinajstić information content (AvgIpc) is 3.32. The molecule has 0 bridgehead atoms. The van der Waals surface area contributed by atoms with Gasteiger partial charge in [0, 0.05) is 51.0 Å². The molecule has 4 rings (SSSR count). The van der Waals surface area contributed by atoms with Gasteiger partial charge < -0.3 is 9.80 Å². The van der Waals surface area contributed by atoms with Crippen LogP contribution in [0.5, 0.6) is 0 Å². The average molecular weight is 354 g/mol. The predicted octanol–water partition coefficient (Wildman–Crippen LogP) is 2.92. The van der Waals surface area contributed by atoms with E-state index in [9.17, 15) is 4.79 Å². The minimum atomic E-state index is 0.306. The molecule has 2 aliphatic heterocycles. The Balaban J connectivity index is 1.52. The lowest BCUT2D eigenvalue weighted by Crippen LogP contribution is -2.34. The molecule has 140 valence electrons. The SMILES string of the molecule is CCc1nc2c(c(N3CCCC3)n1)CCN(C(=O)CC1C=CCC1)CC2. The molecule has 26 heavy (non-hydrogen) atoms. The normalized spacial score (nSPS) is 22.6. The first-order chi connectivity index (χ1) is 12.7. The molecule has 1 amide bonds. The number of fused-ring (bicyclic) bond motifs is 1. The molecule has 1 aromatic rings. The minimum absolute atomic E-state index is 0.306. The number of aryl methyl sites for hydroxylation is 1. The zero-order valence-corrected chi connectivity index (χ0v) is 15.9. The van der Waals surface area contributed by atoms with Crippen molar-refractivity contribution in [3.05, 3.63) is 29.2 Å². The Kier molecular flexibility index (Phi) is 5.23. The Bertz CT molecular complexity index is 693. The molecule has 0 N–H and O–H groups in total. The van der Waals surface area contributed by atoms with Crippen LogP contribution in [0.25, 0.3) is 0 Å². The maximum Gasteiger partial charge on any atom is 0.223 e. The van der Waals surface area contributed by atoms with Gasteiger partial charge in [0.25, 0.3) is 0 Å². The highest BCUT2D eigenvalue weighted by Gasteiger charge is 2.27. The fourth-order valence-electron chi connectivity index (χ4n) is 4.45. The molecular weight excluding hydrogens is 324 g/mol. The lowest BCUT2D eigenvalue weighted by molar-refractivity contribution is -0.131. The van der Waals surface area contributed by atoms with Crippen molar-refractivity contribution in [2.24, 2.45) is 5.92 Å². The van der Waals surface area contributed by atoms with Gasteiger partial charge in [-0.15, -0.1) is 0 Å². The maximum atomic E-state index is 12.8. The van der Waals surface area contributed by atoms with E-state index in [-0.39, 0.29) is 0 Å². The molecule has 5 nitrogen and oxygen atoms in total. The first kappa shape index (κ1) is 17.5. The first-order valence-electron chi connectivity index (χ1n) is 10.3. The van der Waals surface area contributed by atoms with Gasteiger partial charge in [-0.25, -0.2) is 9.97 Å². The van der Waals surface area contributed by atoms with Crippen molar-refractivity contribution in [2.45, 2.75) is 58.3 Å². The van der Waals surface area contributed by atoms with Crippen molar-refractivity contribution in [2.75, 3.05) is 31.1 Å². The van der Waals surface area contributed by atoms with Crippen LogP contribution in [-0.2, 0) is 24.1 Å². The summed E-state index contributed by atoms with van der Waals surface area (Å²) in [5.74, 6) is 2.85. The number of carbonyl (C=O) groups is 1. The molecule has 1 aromatic heterocycles. The third-order valence-electron chi connectivity index (χ3n) is 5.99. The molecule has 1 atom stereocenters. The van der Waals surface area contributed by atoms with E-state index in [1.54, 1.807) is 0 Å². The molecule has 5 heteroatoms. The van der Waals surface area contributed by atoms with Gasteiger partial charge in [0.15, 0.2) is 0 Å². The van der Waals surface area contributed by atoms with E-state index in [1.165, 1.54) is 24.1 Å². The zero-order chi connectivity index (χ0) is 17.9. The molecule has 1 unspecified atom stereocenters. The molecule has 0 saturated carbocycles. The standard InChI is InChI=1S/C21H30N4O/c1-2-19-22-18-10-14-24(20(26)15-16-7-3-4-8-16)13-9-17(18)21(23-19)25-11-5-6-12-25/h3,7,16H,2,4-6,8-15H2,1H3. The highest BCUT2D eigenvalue weighted by Crippen LogP contribution is 2.28. The second kappa shape index (κ2) is 7.77. The number of allylic oxidation sites excluding steroid dienone is 2. The van der Waals surface area contributed by atoms with Crippen molar-refractivity contribution >= 4 is 11.7 Å². The fourth-order valence-corrected chi connectivity index (χ4v) is 4.45. The third kappa shape index (κ3) is 3.62. The Morgan fingerprint density at radius 1 is 1.15 bits per heavy atom. The van der Waals surface area contributed by atoms with Crippen LogP contribution in [-0.4, -0.2) is 47.0 Å². The number of nitrogens with zero attached hydrogens (tertiary/aromatic N) is 4. The van der Waals surface area contributed by atoms with Crippen LogP contribution < -0.4 is 4.90 Å². The van der Waals surface area contributed by atoms with Crippen LogP contribution in [0, 0.1) is 5.92 Å². The van der Waals surface area contributed by atoms with Crippen molar-refractivity contribution in [1.29, 1.82) is 0 Å². The number of hydrogen-bond acceptors (Lipinski definition) is 4. The van der Waals surface area contributed by atoms with Crippen molar-refractivity contribution in [1.82, 2.24) is 14.9 Å². The predicted molar refractivity (Wildman–Crippen MR) is 103 cm³/mol. The molecular formula is C21H30N4O. The summed E-state index contributed by atoms with van der Waals surface area (Å²) >= 11 is 0. The molecule has 1 aliphatic carbocycles. The Morgan fingerprint density at radius 3 is 2.69 bits per heavy atom. The molecule has 3 heterocycles. The molecule has 3 aliphatic rings. The number of aromatic nitrogens is 2. The summed E-state index contributed by atoms with van der Waals surface area (Å²) in [5.41, 5.74) is 2.47. The molecule has 0 aromatic carbocycles. The van der Waals surface area contributed by atoms with Crippen molar-refractivity contribution in [3.8, 4) is 0 Å². The quantitative estimate of drug-likeness (QED) is 0.780. The Morgan fingerprint density at radius 2 is 1.96 bits per heavy atom. The van der Waals surface area contributed by atoms with E-state index in [4.69, 9.17) is 9.97 Å². The topological polar surface area (TPSA) is 49.3 Å². The molecule has 1 saturated heterocycles. The lowest BCUT2D eigenvalue weighted by atomic mass is 10.0. The van der Waals surface area contributed by atoms with Crippen LogP contribution in [0.4, 0.5) is 5.82 Å². The van der Waals surface area contributed by atoms with Gasteiger partial charge in [0.2, 0.25) is 5.91 Å². The summed E-state index contributed by atoms with van der Waals surface area (Å²) in [4.78, 5) is 27.0. The van der Waals surface area contributed by atoms with E-state index in [2.05, 4.69) is 28.9 Å². The number of carbonyl (C=O) groups excluding carboxylic acids is 1. The number of rotatable bonds is 4. The largest absolute Gasteiger partial charge is 0.356 e. The van der Waals surface area contributed by atoms with Gasteiger partial charge in [-0.1, -0.05) is 19.1 Å². The van der Waals surface area contributed by atoms with Crippen molar-refractivity contribution in [3.63, 3.8) is 0 Å². The lowest BCUT2D eigenvalue weighted by Gasteiger charge is -2.22. The van der Waals surface area contributed by atoms with E-state index in [1.807, 2.05) is 0 Å². The number of hydrogen-bond donors (Lipinski definition) is 0. The molecule has 0 spiro atoms. The summed E-state index contributed by atoms with van der Waals surface area (Å²) < 4.78 is 0. The van der Waals surface area contributed by atoms with Gasteiger partial charge >= 0.3 is 0 Å². The van der Waals surface area contributed by atoms with Gasteiger partial charge in [-0.2, -0.15) is 0 Å². The zero-order valence-electron chi connectivity index (χ0n) is 15.9. The highest BCUT2D eigenvalue weighted by atomic mass is 16.2. The molecule has 1 fully saturated rings. The van der Waals surface area contributed by atoms with E-state index in [0.717, 1.165) is 69.9 Å². The second-order valence-electron chi connectivity index (χ2n) is 7.79. The highest BCUT2D eigenvalue weighted by molar-refractivity contribution is 5.77. The van der Waals surface area contributed by atoms with Gasteiger partial charge in [0.1, 0.15) is 11.6 Å². The summed E-state index contributed by atoms with van der Waals surface area (Å²) in [6.07, 6.45) is 12.5.